The van der Waals surface area contributed by atoms with E-state index >= 15 is 0 Å². The van der Waals surface area contributed by atoms with E-state index in [1.54, 1.807) is 0 Å². The minimum atomic E-state index is 0.480. The standard InChI is InChI=1S/C38H78/c1-12-20-22-27-38(10,11)31(9)28-34(18-7)30-37(35(19-8)23-14-3)36(26-25-32(15-4)16-5)29-33(17-6)24-21-13-2/h31-37H,12-30H2,1-11H3. The lowest BCUT2D eigenvalue weighted by atomic mass is 9.65. The molecule has 0 heterocycles. The first-order valence-electron chi connectivity index (χ1n) is 18.2. The third-order valence-corrected chi connectivity index (χ3v) is 11.3. The van der Waals surface area contributed by atoms with Gasteiger partial charge in [0.2, 0.25) is 0 Å². The average molecular weight is 535 g/mol. The molecule has 6 atom stereocenters. The molecular weight excluding hydrogens is 456 g/mol. The highest BCUT2D eigenvalue weighted by Gasteiger charge is 2.34. The first-order chi connectivity index (χ1) is 18.2. The Hall–Kier alpha value is 0. The Morgan fingerprint density at radius 1 is 0.474 bits per heavy atom. The Kier molecular flexibility index (Phi) is 22.7. The molecule has 0 saturated heterocycles. The second-order valence-corrected chi connectivity index (χ2v) is 14.4. The van der Waals surface area contributed by atoms with E-state index in [9.17, 15) is 0 Å². The van der Waals surface area contributed by atoms with Crippen LogP contribution in [0.4, 0.5) is 0 Å². The van der Waals surface area contributed by atoms with E-state index in [0.717, 1.165) is 41.4 Å². The van der Waals surface area contributed by atoms with Crippen molar-refractivity contribution in [2.24, 2.45) is 46.8 Å². The molecular formula is C38H78. The van der Waals surface area contributed by atoms with Crippen molar-refractivity contribution < 1.29 is 0 Å². The van der Waals surface area contributed by atoms with Gasteiger partial charge < -0.3 is 0 Å². The normalized spacial score (nSPS) is 17.4. The van der Waals surface area contributed by atoms with E-state index in [1.807, 2.05) is 0 Å². The fourth-order valence-electron chi connectivity index (χ4n) is 7.64. The van der Waals surface area contributed by atoms with Gasteiger partial charge in [-0.2, -0.15) is 0 Å². The Balaban J connectivity index is 5.94. The van der Waals surface area contributed by atoms with Crippen LogP contribution in [-0.2, 0) is 0 Å². The zero-order chi connectivity index (χ0) is 29.0. The van der Waals surface area contributed by atoms with Crippen molar-refractivity contribution in [1.82, 2.24) is 0 Å². The summed E-state index contributed by atoms with van der Waals surface area (Å²) in [5, 5.41) is 0. The molecule has 0 aromatic carbocycles. The van der Waals surface area contributed by atoms with E-state index in [-0.39, 0.29) is 0 Å². The van der Waals surface area contributed by atoms with E-state index < -0.39 is 0 Å². The largest absolute Gasteiger partial charge is 0.0654 e. The zero-order valence-corrected chi connectivity index (χ0v) is 29.0. The maximum atomic E-state index is 2.59. The third-order valence-electron chi connectivity index (χ3n) is 11.3. The van der Waals surface area contributed by atoms with Crippen LogP contribution in [-0.4, -0.2) is 0 Å². The van der Waals surface area contributed by atoms with E-state index in [1.165, 1.54) is 122 Å². The van der Waals surface area contributed by atoms with Crippen LogP contribution in [0.2, 0.25) is 0 Å². The molecule has 0 saturated carbocycles. The maximum Gasteiger partial charge on any atom is -0.0328 e. The number of hydrogen-bond acceptors (Lipinski definition) is 0. The average Bonchev–Trinajstić information content (AvgIpc) is 2.91. The highest BCUT2D eigenvalue weighted by molar-refractivity contribution is 4.84. The summed E-state index contributed by atoms with van der Waals surface area (Å²) >= 11 is 0. The maximum absolute atomic E-state index is 2.59. The van der Waals surface area contributed by atoms with Crippen molar-refractivity contribution in [3.63, 3.8) is 0 Å². The molecule has 0 bridgehead atoms. The highest BCUT2D eigenvalue weighted by atomic mass is 14.4. The summed E-state index contributed by atoms with van der Waals surface area (Å²) in [5.74, 6) is 6.41. The van der Waals surface area contributed by atoms with Gasteiger partial charge in [0.05, 0.1) is 0 Å². The van der Waals surface area contributed by atoms with Crippen LogP contribution in [0.15, 0.2) is 0 Å². The fraction of sp³-hybridized carbons (Fsp3) is 1.00. The lowest BCUT2D eigenvalue weighted by Gasteiger charge is -2.40. The molecule has 38 heavy (non-hydrogen) atoms. The molecule has 0 amide bonds. The topological polar surface area (TPSA) is 0 Å². The SMILES string of the molecule is CCCCCC(C)(C)C(C)CC(CC)CC(C(CC)CCC)C(CCC(CC)CC)CC(CC)CCCC. The summed E-state index contributed by atoms with van der Waals surface area (Å²) in [6.45, 7) is 27.3. The highest BCUT2D eigenvalue weighted by Crippen LogP contribution is 2.44. The van der Waals surface area contributed by atoms with Crippen molar-refractivity contribution in [1.29, 1.82) is 0 Å². The van der Waals surface area contributed by atoms with Gasteiger partial charge in [-0.05, 0) is 78.9 Å². The summed E-state index contributed by atoms with van der Waals surface area (Å²) < 4.78 is 0. The molecule has 230 valence electrons. The summed E-state index contributed by atoms with van der Waals surface area (Å²) in [7, 11) is 0. The molecule has 0 heteroatoms. The van der Waals surface area contributed by atoms with E-state index in [4.69, 9.17) is 0 Å². The van der Waals surface area contributed by atoms with Crippen LogP contribution in [0.25, 0.3) is 0 Å². The van der Waals surface area contributed by atoms with Crippen molar-refractivity contribution in [3.8, 4) is 0 Å². The summed E-state index contributed by atoms with van der Waals surface area (Å²) in [4.78, 5) is 0. The first-order valence-corrected chi connectivity index (χ1v) is 18.2. The molecule has 0 N–H and O–H groups in total. The van der Waals surface area contributed by atoms with Crippen LogP contribution in [0.1, 0.15) is 198 Å². The number of rotatable bonds is 26. The van der Waals surface area contributed by atoms with Crippen LogP contribution >= 0.6 is 0 Å². The quantitative estimate of drug-likeness (QED) is 0.0968. The molecule has 0 spiro atoms. The molecule has 0 aromatic heterocycles. The van der Waals surface area contributed by atoms with Gasteiger partial charge >= 0.3 is 0 Å². The summed E-state index contributed by atoms with van der Waals surface area (Å²) in [6, 6.07) is 0. The Morgan fingerprint density at radius 3 is 1.58 bits per heavy atom. The van der Waals surface area contributed by atoms with Gasteiger partial charge in [-0.1, -0.05) is 166 Å². The van der Waals surface area contributed by atoms with Gasteiger partial charge in [0.25, 0.3) is 0 Å². The molecule has 6 unspecified atom stereocenters. The summed E-state index contributed by atoms with van der Waals surface area (Å²) in [5.41, 5.74) is 0.480. The summed E-state index contributed by atoms with van der Waals surface area (Å²) in [6.07, 6.45) is 26.9. The predicted octanol–water partition coefficient (Wildman–Crippen LogP) is 13.9. The molecule has 0 aliphatic carbocycles. The van der Waals surface area contributed by atoms with Crippen LogP contribution in [0, 0.1) is 46.8 Å². The molecule has 0 aliphatic rings. The monoisotopic (exact) mass is 535 g/mol. The molecule has 0 aliphatic heterocycles. The van der Waals surface area contributed by atoms with Crippen LogP contribution < -0.4 is 0 Å². The van der Waals surface area contributed by atoms with E-state index in [0.29, 0.717) is 5.41 Å². The predicted molar refractivity (Wildman–Crippen MR) is 177 cm³/mol. The minimum absolute atomic E-state index is 0.480. The van der Waals surface area contributed by atoms with Gasteiger partial charge in [0.15, 0.2) is 0 Å². The molecule has 0 aromatic rings. The van der Waals surface area contributed by atoms with Crippen molar-refractivity contribution in [2.45, 2.75) is 198 Å². The lowest BCUT2D eigenvalue weighted by molar-refractivity contribution is 0.104. The van der Waals surface area contributed by atoms with Crippen LogP contribution in [0.5, 0.6) is 0 Å². The zero-order valence-electron chi connectivity index (χ0n) is 29.0. The van der Waals surface area contributed by atoms with Gasteiger partial charge in [0.1, 0.15) is 0 Å². The Morgan fingerprint density at radius 2 is 1.08 bits per heavy atom. The third kappa shape index (κ3) is 15.1. The lowest BCUT2D eigenvalue weighted by Crippen LogP contribution is -2.30. The molecule has 0 nitrogen and oxygen atoms in total. The molecule has 0 fully saturated rings. The second kappa shape index (κ2) is 22.7. The second-order valence-electron chi connectivity index (χ2n) is 14.4. The van der Waals surface area contributed by atoms with Gasteiger partial charge in [-0.15, -0.1) is 0 Å². The van der Waals surface area contributed by atoms with Gasteiger partial charge in [-0.25, -0.2) is 0 Å². The first kappa shape index (κ1) is 38.0. The van der Waals surface area contributed by atoms with Crippen molar-refractivity contribution in [3.05, 3.63) is 0 Å². The van der Waals surface area contributed by atoms with Crippen molar-refractivity contribution in [2.75, 3.05) is 0 Å². The van der Waals surface area contributed by atoms with Crippen molar-refractivity contribution >= 4 is 0 Å². The molecule has 0 rings (SSSR count). The van der Waals surface area contributed by atoms with Crippen LogP contribution in [0.3, 0.4) is 0 Å². The molecule has 0 radical (unpaired) electrons. The van der Waals surface area contributed by atoms with E-state index in [2.05, 4.69) is 76.2 Å². The van der Waals surface area contributed by atoms with Gasteiger partial charge in [0, 0.05) is 0 Å². The Bertz CT molecular complexity index is 500. The van der Waals surface area contributed by atoms with Gasteiger partial charge in [-0.3, -0.25) is 0 Å². The smallest absolute Gasteiger partial charge is 0.0328 e. The fourth-order valence-corrected chi connectivity index (χ4v) is 7.64. The number of hydrogen-bond donors (Lipinski definition) is 0. The Labute approximate surface area is 244 Å². The minimum Gasteiger partial charge on any atom is -0.0654 e. The number of unbranched alkanes of at least 4 members (excludes halogenated alkanes) is 3.